The van der Waals surface area contributed by atoms with Crippen LogP contribution in [0.3, 0.4) is 0 Å². The van der Waals surface area contributed by atoms with E-state index in [0.717, 1.165) is 22.8 Å². The second-order valence-corrected chi connectivity index (χ2v) is 15.0. The lowest BCUT2D eigenvalue weighted by molar-refractivity contribution is 0.360. The van der Waals surface area contributed by atoms with Crippen LogP contribution < -0.4 is 14.4 Å². The van der Waals surface area contributed by atoms with Crippen molar-refractivity contribution in [1.82, 2.24) is 0 Å². The molecule has 12 rings (SSSR count). The molecule has 8 aromatic carbocycles. The standard InChI is InChI=1S/C49H29NO2S/c1-2-14-30(15-3-1)50(40-23-13-27-46-47(40)34-19-7-11-26-45(34)53-46)41-24-12-25-42-48(41)52-43-28-35-33-18-6-10-22-38(33)49(39(35)29-44(43)51-42)36-20-8-4-16-31(36)32-17-5-9-21-37(32)49/h1-29H. The molecule has 0 N–H and O–H groups in total. The monoisotopic (exact) mass is 695 g/mol. The Balaban J connectivity index is 1.07. The molecule has 0 fully saturated rings. The first-order chi connectivity index (χ1) is 26.3. The van der Waals surface area contributed by atoms with Crippen LogP contribution in [0.1, 0.15) is 22.3 Å². The van der Waals surface area contributed by atoms with Gasteiger partial charge in [0.25, 0.3) is 0 Å². The van der Waals surface area contributed by atoms with Crippen LogP contribution >= 0.6 is 11.3 Å². The van der Waals surface area contributed by atoms with E-state index in [9.17, 15) is 0 Å². The summed E-state index contributed by atoms with van der Waals surface area (Å²) in [7, 11) is 0. The summed E-state index contributed by atoms with van der Waals surface area (Å²) in [6.07, 6.45) is 0. The molecule has 0 unspecified atom stereocenters. The SMILES string of the molecule is c1ccc(N(c2cccc3c2Oc2cc4c(cc2O3)C2(c3ccccc3-c3ccccc32)c2ccccc2-4)c2cccc3sc4ccccc4c23)cc1. The molecule has 1 aliphatic heterocycles. The quantitative estimate of drug-likeness (QED) is 0.184. The predicted octanol–water partition coefficient (Wildman–Crippen LogP) is 13.8. The Hall–Kier alpha value is -6.62. The highest BCUT2D eigenvalue weighted by Gasteiger charge is 2.52. The van der Waals surface area contributed by atoms with Gasteiger partial charge in [-0.3, -0.25) is 0 Å². The molecule has 3 aliphatic rings. The molecule has 4 heteroatoms. The molecule has 3 nitrogen and oxygen atoms in total. The zero-order chi connectivity index (χ0) is 34.7. The Labute approximate surface area is 310 Å². The summed E-state index contributed by atoms with van der Waals surface area (Å²) < 4.78 is 16.5. The number of fused-ring (bicyclic) bond motifs is 15. The molecule has 1 aromatic heterocycles. The van der Waals surface area contributed by atoms with Gasteiger partial charge in [0.15, 0.2) is 23.0 Å². The molecule has 2 aliphatic carbocycles. The molecule has 0 atom stereocenters. The molecule has 0 bridgehead atoms. The summed E-state index contributed by atoms with van der Waals surface area (Å²) in [5.41, 5.74) is 12.7. The van der Waals surface area contributed by atoms with Gasteiger partial charge in [0.05, 0.1) is 16.8 Å². The summed E-state index contributed by atoms with van der Waals surface area (Å²) in [6.45, 7) is 0. The average Bonchev–Trinajstić information content (AvgIpc) is 3.84. The molecular weight excluding hydrogens is 667 g/mol. The first-order valence-electron chi connectivity index (χ1n) is 18.0. The van der Waals surface area contributed by atoms with E-state index in [1.54, 1.807) is 0 Å². The molecule has 53 heavy (non-hydrogen) atoms. The van der Waals surface area contributed by atoms with Crippen molar-refractivity contribution in [3.05, 3.63) is 198 Å². The fraction of sp³-hybridized carbons (Fsp3) is 0.0204. The highest BCUT2D eigenvalue weighted by molar-refractivity contribution is 7.26. The van der Waals surface area contributed by atoms with Gasteiger partial charge >= 0.3 is 0 Å². The van der Waals surface area contributed by atoms with Crippen molar-refractivity contribution >= 4 is 48.6 Å². The third kappa shape index (κ3) is 3.83. The highest BCUT2D eigenvalue weighted by Crippen LogP contribution is 2.65. The van der Waals surface area contributed by atoms with Crippen molar-refractivity contribution in [3.63, 3.8) is 0 Å². The van der Waals surface area contributed by atoms with Crippen molar-refractivity contribution in [2.75, 3.05) is 4.90 Å². The maximum absolute atomic E-state index is 7.08. The van der Waals surface area contributed by atoms with Gasteiger partial charge in [0.2, 0.25) is 0 Å². The van der Waals surface area contributed by atoms with Gasteiger partial charge in [-0.15, -0.1) is 11.3 Å². The van der Waals surface area contributed by atoms with Crippen LogP contribution in [0.25, 0.3) is 42.4 Å². The second-order valence-electron chi connectivity index (χ2n) is 14.0. The normalized spacial score (nSPS) is 13.7. The first-order valence-corrected chi connectivity index (χ1v) is 18.8. The van der Waals surface area contributed by atoms with Crippen molar-refractivity contribution in [3.8, 4) is 45.3 Å². The Kier molecular flexibility index (Phi) is 5.86. The van der Waals surface area contributed by atoms with Crippen molar-refractivity contribution in [2.45, 2.75) is 5.41 Å². The number of anilines is 3. The van der Waals surface area contributed by atoms with Crippen LogP contribution in [-0.2, 0) is 5.41 Å². The molecule has 0 saturated heterocycles. The number of thiophene rings is 1. The Bertz CT molecular complexity index is 2930. The van der Waals surface area contributed by atoms with E-state index in [1.807, 2.05) is 17.4 Å². The van der Waals surface area contributed by atoms with Gasteiger partial charge in [-0.25, -0.2) is 0 Å². The minimum Gasteiger partial charge on any atom is -0.449 e. The molecule has 1 spiro atoms. The smallest absolute Gasteiger partial charge is 0.194 e. The lowest BCUT2D eigenvalue weighted by atomic mass is 9.70. The second kappa shape index (κ2) is 10.7. The maximum atomic E-state index is 7.08. The molecule has 0 saturated carbocycles. The van der Waals surface area contributed by atoms with Gasteiger partial charge in [-0.1, -0.05) is 121 Å². The van der Waals surface area contributed by atoms with E-state index < -0.39 is 5.41 Å². The molecule has 0 amide bonds. The third-order valence-electron chi connectivity index (χ3n) is 11.3. The first kappa shape index (κ1) is 29.0. The van der Waals surface area contributed by atoms with E-state index in [2.05, 4.69) is 175 Å². The Morgan fingerprint density at radius 3 is 1.75 bits per heavy atom. The fourth-order valence-corrected chi connectivity index (χ4v) is 10.4. The van der Waals surface area contributed by atoms with Gasteiger partial charge in [-0.2, -0.15) is 0 Å². The molecule has 248 valence electrons. The number of nitrogens with zero attached hydrogens (tertiary/aromatic N) is 1. The zero-order valence-electron chi connectivity index (χ0n) is 28.4. The van der Waals surface area contributed by atoms with Crippen LogP contribution in [0.5, 0.6) is 23.0 Å². The number of ether oxygens (including phenoxy) is 2. The van der Waals surface area contributed by atoms with Crippen LogP contribution in [0, 0.1) is 0 Å². The minimum absolute atomic E-state index is 0.453. The lowest BCUT2D eigenvalue weighted by Gasteiger charge is -2.32. The van der Waals surface area contributed by atoms with Crippen molar-refractivity contribution < 1.29 is 9.47 Å². The predicted molar refractivity (Wildman–Crippen MR) is 217 cm³/mol. The van der Waals surface area contributed by atoms with Gasteiger partial charge in [0.1, 0.15) is 0 Å². The number of hydrogen-bond acceptors (Lipinski definition) is 4. The average molecular weight is 696 g/mol. The minimum atomic E-state index is -0.453. The van der Waals surface area contributed by atoms with E-state index in [-0.39, 0.29) is 0 Å². The molecule has 0 radical (unpaired) electrons. The number of benzene rings is 8. The summed E-state index contributed by atoms with van der Waals surface area (Å²) in [6, 6.07) is 63.1. The van der Waals surface area contributed by atoms with E-state index in [0.29, 0.717) is 17.2 Å². The summed E-state index contributed by atoms with van der Waals surface area (Å²) in [5.74, 6) is 2.81. The lowest BCUT2D eigenvalue weighted by Crippen LogP contribution is -2.25. The molecule has 9 aromatic rings. The van der Waals surface area contributed by atoms with Crippen LogP contribution in [-0.4, -0.2) is 0 Å². The summed E-state index contributed by atoms with van der Waals surface area (Å²) in [5, 5.41) is 2.47. The van der Waals surface area contributed by atoms with E-state index >= 15 is 0 Å². The summed E-state index contributed by atoms with van der Waals surface area (Å²) >= 11 is 1.83. The number of para-hydroxylation sites is 2. The topological polar surface area (TPSA) is 21.7 Å². The maximum Gasteiger partial charge on any atom is 0.194 e. The van der Waals surface area contributed by atoms with E-state index in [4.69, 9.17) is 9.47 Å². The van der Waals surface area contributed by atoms with Crippen molar-refractivity contribution in [1.29, 1.82) is 0 Å². The van der Waals surface area contributed by atoms with Gasteiger partial charge in [-0.05, 0) is 99.1 Å². The zero-order valence-corrected chi connectivity index (χ0v) is 29.2. The van der Waals surface area contributed by atoms with E-state index in [1.165, 1.54) is 64.7 Å². The van der Waals surface area contributed by atoms with Crippen molar-refractivity contribution in [2.24, 2.45) is 0 Å². The third-order valence-corrected chi connectivity index (χ3v) is 12.5. The molecular formula is C49H29NO2S. The number of rotatable bonds is 3. The Morgan fingerprint density at radius 2 is 1.00 bits per heavy atom. The largest absolute Gasteiger partial charge is 0.449 e. The number of hydrogen-bond donors (Lipinski definition) is 0. The van der Waals surface area contributed by atoms with Crippen LogP contribution in [0.4, 0.5) is 17.1 Å². The molecule has 2 heterocycles. The van der Waals surface area contributed by atoms with Crippen LogP contribution in [0.15, 0.2) is 176 Å². The van der Waals surface area contributed by atoms with Gasteiger partial charge in [0, 0.05) is 25.9 Å². The van der Waals surface area contributed by atoms with Crippen LogP contribution in [0.2, 0.25) is 0 Å². The summed E-state index contributed by atoms with van der Waals surface area (Å²) in [4.78, 5) is 2.32. The fourth-order valence-electron chi connectivity index (χ4n) is 9.28. The highest BCUT2D eigenvalue weighted by atomic mass is 32.1. The Morgan fingerprint density at radius 1 is 0.415 bits per heavy atom. The van der Waals surface area contributed by atoms with Gasteiger partial charge < -0.3 is 14.4 Å².